The molecule has 4 nitrogen and oxygen atoms in total. The highest BCUT2D eigenvalue weighted by atomic mass is 16.5. The molecule has 1 amide bonds. The Balaban J connectivity index is 3.70. The number of hydrogen-bond acceptors (Lipinski definition) is 3. The molecule has 0 saturated carbocycles. The maximum Gasteiger partial charge on any atom is 0.307 e. The molecule has 0 aromatic carbocycles. The first-order valence-corrected chi connectivity index (χ1v) is 4.62. The van der Waals surface area contributed by atoms with Crippen molar-refractivity contribution in [2.75, 3.05) is 13.7 Å². The molecule has 0 aliphatic carbocycles. The lowest BCUT2D eigenvalue weighted by atomic mass is 10.2. The van der Waals surface area contributed by atoms with Gasteiger partial charge in [0.2, 0.25) is 5.91 Å². The van der Waals surface area contributed by atoms with Gasteiger partial charge in [-0.25, -0.2) is 0 Å². The van der Waals surface area contributed by atoms with E-state index in [4.69, 9.17) is 0 Å². The van der Waals surface area contributed by atoms with E-state index in [2.05, 4.69) is 10.1 Å². The van der Waals surface area contributed by atoms with Crippen LogP contribution in [0, 0.1) is 0 Å². The Morgan fingerprint density at radius 3 is 2.57 bits per heavy atom. The second kappa shape index (κ2) is 7.12. The third-order valence-corrected chi connectivity index (χ3v) is 1.79. The van der Waals surface area contributed by atoms with Gasteiger partial charge in [-0.05, 0) is 13.3 Å². The zero-order valence-electron chi connectivity index (χ0n) is 8.92. The van der Waals surface area contributed by atoms with Gasteiger partial charge in [-0.1, -0.05) is 12.5 Å². The molecule has 14 heavy (non-hydrogen) atoms. The Morgan fingerprint density at radius 1 is 1.43 bits per heavy atom. The van der Waals surface area contributed by atoms with Gasteiger partial charge >= 0.3 is 5.97 Å². The number of rotatable bonds is 5. The predicted molar refractivity (Wildman–Crippen MR) is 53.7 cm³/mol. The zero-order valence-corrected chi connectivity index (χ0v) is 8.92. The summed E-state index contributed by atoms with van der Waals surface area (Å²) >= 11 is 0. The number of allylic oxidation sites excluding steroid dienone is 1. The second-order valence-electron chi connectivity index (χ2n) is 2.96. The van der Waals surface area contributed by atoms with Crippen LogP contribution in [0.4, 0.5) is 0 Å². The fourth-order valence-corrected chi connectivity index (χ4v) is 0.767. The monoisotopic (exact) mass is 199 g/mol. The molecule has 0 aromatic rings. The molecule has 0 atom stereocenters. The lowest BCUT2D eigenvalue weighted by Gasteiger charge is -2.01. The molecule has 0 spiro atoms. The van der Waals surface area contributed by atoms with Crippen LogP contribution in [0.3, 0.4) is 0 Å². The van der Waals surface area contributed by atoms with Crippen LogP contribution in [0.1, 0.15) is 26.7 Å². The summed E-state index contributed by atoms with van der Waals surface area (Å²) in [5.41, 5.74) is 1.01. The fourth-order valence-electron chi connectivity index (χ4n) is 0.767. The van der Waals surface area contributed by atoms with Crippen molar-refractivity contribution in [1.29, 1.82) is 0 Å². The Hall–Kier alpha value is -1.32. The van der Waals surface area contributed by atoms with Crippen LogP contribution >= 0.6 is 0 Å². The molecule has 0 aromatic heterocycles. The van der Waals surface area contributed by atoms with E-state index in [1.54, 1.807) is 0 Å². The molecule has 0 bridgehead atoms. The van der Waals surface area contributed by atoms with E-state index in [0.717, 1.165) is 12.0 Å². The lowest BCUT2D eigenvalue weighted by molar-refractivity contribution is -0.140. The number of hydrogen-bond donors (Lipinski definition) is 1. The van der Waals surface area contributed by atoms with Gasteiger partial charge in [0.1, 0.15) is 0 Å². The molecule has 80 valence electrons. The van der Waals surface area contributed by atoms with Crippen molar-refractivity contribution in [3.63, 3.8) is 0 Å². The SMILES string of the molecule is CCC(C)=CC(=O)NCCC(=O)OC. The molecular formula is C10H17NO3. The van der Waals surface area contributed by atoms with Crippen LogP contribution in [0.2, 0.25) is 0 Å². The summed E-state index contributed by atoms with van der Waals surface area (Å²) in [6.07, 6.45) is 2.60. The number of carbonyl (C=O) groups excluding carboxylic acids is 2. The predicted octanol–water partition coefficient (Wildman–Crippen LogP) is 1.02. The number of ether oxygens (including phenoxy) is 1. The molecule has 4 heteroatoms. The van der Waals surface area contributed by atoms with Crippen molar-refractivity contribution in [1.82, 2.24) is 5.32 Å². The molecule has 0 heterocycles. The number of amides is 1. The highest BCUT2D eigenvalue weighted by Gasteiger charge is 2.01. The normalized spacial score (nSPS) is 10.9. The van der Waals surface area contributed by atoms with E-state index >= 15 is 0 Å². The standard InChI is InChI=1S/C10H17NO3/c1-4-8(2)7-9(12)11-6-5-10(13)14-3/h7H,4-6H2,1-3H3,(H,11,12). The Kier molecular flexibility index (Phi) is 6.45. The van der Waals surface area contributed by atoms with Crippen LogP contribution in [-0.2, 0) is 14.3 Å². The molecule has 0 radical (unpaired) electrons. The second-order valence-corrected chi connectivity index (χ2v) is 2.96. The van der Waals surface area contributed by atoms with Crippen LogP contribution in [0.5, 0.6) is 0 Å². The summed E-state index contributed by atoms with van der Waals surface area (Å²) < 4.78 is 4.43. The van der Waals surface area contributed by atoms with Crippen molar-refractivity contribution < 1.29 is 14.3 Å². The van der Waals surface area contributed by atoms with Crippen molar-refractivity contribution >= 4 is 11.9 Å². The molecule has 0 aliphatic rings. The lowest BCUT2D eigenvalue weighted by Crippen LogP contribution is -2.24. The van der Waals surface area contributed by atoms with Crippen molar-refractivity contribution in [3.8, 4) is 0 Å². The van der Waals surface area contributed by atoms with E-state index < -0.39 is 0 Å². The summed E-state index contributed by atoms with van der Waals surface area (Å²) in [6, 6.07) is 0. The highest BCUT2D eigenvalue weighted by molar-refractivity contribution is 5.88. The molecule has 0 aliphatic heterocycles. The molecule has 0 unspecified atom stereocenters. The smallest absolute Gasteiger partial charge is 0.307 e. The van der Waals surface area contributed by atoms with Crippen molar-refractivity contribution in [2.45, 2.75) is 26.7 Å². The summed E-state index contributed by atoms with van der Waals surface area (Å²) in [5, 5.41) is 2.60. The third kappa shape index (κ3) is 6.22. The first kappa shape index (κ1) is 12.7. The van der Waals surface area contributed by atoms with Gasteiger partial charge in [0.25, 0.3) is 0 Å². The highest BCUT2D eigenvalue weighted by Crippen LogP contribution is 1.96. The van der Waals surface area contributed by atoms with Gasteiger partial charge in [0.15, 0.2) is 0 Å². The summed E-state index contributed by atoms with van der Waals surface area (Å²) in [7, 11) is 1.32. The average Bonchev–Trinajstić information content (AvgIpc) is 2.17. The van der Waals surface area contributed by atoms with E-state index in [0.29, 0.717) is 6.54 Å². The largest absolute Gasteiger partial charge is 0.469 e. The Bertz CT molecular complexity index is 234. The Labute approximate surface area is 84.3 Å². The number of nitrogens with one attached hydrogen (secondary N) is 1. The van der Waals surface area contributed by atoms with Gasteiger partial charge in [-0.2, -0.15) is 0 Å². The minimum absolute atomic E-state index is 0.159. The van der Waals surface area contributed by atoms with Gasteiger partial charge < -0.3 is 10.1 Å². The van der Waals surface area contributed by atoms with Crippen molar-refractivity contribution in [3.05, 3.63) is 11.6 Å². The van der Waals surface area contributed by atoms with Gasteiger partial charge in [-0.3, -0.25) is 9.59 Å². The first-order valence-electron chi connectivity index (χ1n) is 4.62. The minimum atomic E-state index is -0.318. The summed E-state index contributed by atoms with van der Waals surface area (Å²) in [5.74, 6) is -0.477. The van der Waals surface area contributed by atoms with E-state index in [1.165, 1.54) is 13.2 Å². The fraction of sp³-hybridized carbons (Fsp3) is 0.600. The number of carbonyl (C=O) groups is 2. The third-order valence-electron chi connectivity index (χ3n) is 1.79. The van der Waals surface area contributed by atoms with Crippen LogP contribution in [-0.4, -0.2) is 25.5 Å². The van der Waals surface area contributed by atoms with Crippen LogP contribution in [0.15, 0.2) is 11.6 Å². The molecule has 0 rings (SSSR count). The number of esters is 1. The number of methoxy groups -OCH3 is 1. The minimum Gasteiger partial charge on any atom is -0.469 e. The zero-order chi connectivity index (χ0) is 11.0. The van der Waals surface area contributed by atoms with Crippen LogP contribution in [0.25, 0.3) is 0 Å². The molecule has 1 N–H and O–H groups in total. The maximum absolute atomic E-state index is 11.1. The maximum atomic E-state index is 11.1. The van der Waals surface area contributed by atoms with Crippen LogP contribution < -0.4 is 5.32 Å². The summed E-state index contributed by atoms with van der Waals surface area (Å²) in [6.45, 7) is 4.19. The first-order chi connectivity index (χ1) is 6.60. The Morgan fingerprint density at radius 2 is 2.07 bits per heavy atom. The van der Waals surface area contributed by atoms with Crippen molar-refractivity contribution in [2.24, 2.45) is 0 Å². The van der Waals surface area contributed by atoms with Gasteiger partial charge in [-0.15, -0.1) is 0 Å². The molecule has 0 saturated heterocycles. The van der Waals surface area contributed by atoms with E-state index in [9.17, 15) is 9.59 Å². The molecular weight excluding hydrogens is 182 g/mol. The van der Waals surface area contributed by atoms with E-state index in [1.807, 2.05) is 13.8 Å². The van der Waals surface area contributed by atoms with E-state index in [-0.39, 0.29) is 18.3 Å². The average molecular weight is 199 g/mol. The topological polar surface area (TPSA) is 55.4 Å². The molecule has 0 fully saturated rings. The van der Waals surface area contributed by atoms with Gasteiger partial charge in [0.05, 0.1) is 13.5 Å². The quantitative estimate of drug-likeness (QED) is 0.531. The summed E-state index contributed by atoms with van der Waals surface area (Å²) in [4.78, 5) is 21.8. The van der Waals surface area contributed by atoms with Gasteiger partial charge in [0, 0.05) is 12.6 Å².